The summed E-state index contributed by atoms with van der Waals surface area (Å²) in [5.41, 5.74) is 0. The molecule has 0 spiro atoms. The van der Waals surface area contributed by atoms with Crippen LogP contribution in [0.2, 0.25) is 10.4 Å². The molecule has 1 unspecified atom stereocenters. The molecule has 0 saturated carbocycles. The van der Waals surface area contributed by atoms with Crippen molar-refractivity contribution in [1.29, 1.82) is 0 Å². The van der Waals surface area contributed by atoms with Crippen LogP contribution in [0.15, 0.2) is 0 Å². The molecular formula is C9H12Cl2N4O2S2. The van der Waals surface area contributed by atoms with Crippen LogP contribution in [0, 0.1) is 0 Å². The molecule has 1 fully saturated rings. The van der Waals surface area contributed by atoms with Gasteiger partial charge in [0.05, 0.1) is 0 Å². The lowest BCUT2D eigenvalue weighted by molar-refractivity contribution is 0.578. The molecule has 0 amide bonds. The molecule has 0 aromatic carbocycles. The molecule has 10 heteroatoms. The lowest BCUT2D eigenvalue weighted by atomic mass is 10.5. The zero-order valence-electron chi connectivity index (χ0n) is 10.1. The molecule has 6 nitrogen and oxygen atoms in total. The van der Waals surface area contributed by atoms with E-state index in [-0.39, 0.29) is 22.0 Å². The average molecular weight is 343 g/mol. The van der Waals surface area contributed by atoms with Gasteiger partial charge in [0.15, 0.2) is 20.8 Å². The normalized spacial score (nSPS) is 20.6. The number of sulfone groups is 1. The van der Waals surface area contributed by atoms with Crippen LogP contribution in [0.3, 0.4) is 0 Å². The average Bonchev–Trinajstić information content (AvgIpc) is 2.41. The first kappa shape index (κ1) is 15.1. The summed E-state index contributed by atoms with van der Waals surface area (Å²) in [6, 6.07) is 0. The molecule has 1 aliphatic heterocycles. The highest BCUT2D eigenvalue weighted by molar-refractivity contribution is 8.01. The largest absolute Gasteiger partial charge is 0.335 e. The minimum absolute atomic E-state index is 0.0507. The first-order chi connectivity index (χ1) is 8.95. The summed E-state index contributed by atoms with van der Waals surface area (Å²) >= 11 is 13.3. The predicted molar refractivity (Wildman–Crippen MR) is 77.8 cm³/mol. The second kappa shape index (κ2) is 5.99. The van der Waals surface area contributed by atoms with Crippen molar-refractivity contribution in [2.24, 2.45) is 0 Å². The van der Waals surface area contributed by atoms with E-state index in [4.69, 9.17) is 23.2 Å². The summed E-state index contributed by atoms with van der Waals surface area (Å²) in [5, 5.41) is 6.57. The third-order valence-electron chi connectivity index (χ3n) is 2.78. The lowest BCUT2D eigenvalue weighted by Crippen LogP contribution is -2.48. The maximum atomic E-state index is 12.1. The van der Waals surface area contributed by atoms with Gasteiger partial charge in [0.2, 0.25) is 5.28 Å². The van der Waals surface area contributed by atoms with E-state index in [0.29, 0.717) is 12.3 Å². The van der Waals surface area contributed by atoms with E-state index in [1.54, 1.807) is 23.6 Å². The van der Waals surface area contributed by atoms with Gasteiger partial charge in [0.1, 0.15) is 5.37 Å². The van der Waals surface area contributed by atoms with Gasteiger partial charge in [0.25, 0.3) is 0 Å². The maximum absolute atomic E-state index is 12.1. The number of hydrogen-bond donors (Lipinski definition) is 0. The minimum atomic E-state index is -3.23. The first-order valence-corrected chi connectivity index (χ1v) is 9.20. The summed E-state index contributed by atoms with van der Waals surface area (Å²) in [7, 11) is -3.23. The molecule has 0 N–H and O–H groups in total. The second-order valence-corrected chi connectivity index (χ2v) is 8.16. The number of rotatable bonds is 3. The van der Waals surface area contributed by atoms with Crippen molar-refractivity contribution in [2.45, 2.75) is 12.3 Å². The van der Waals surface area contributed by atoms with E-state index < -0.39 is 15.2 Å². The number of hydrogen-bond acceptors (Lipinski definition) is 7. The second-order valence-electron chi connectivity index (χ2n) is 3.87. The van der Waals surface area contributed by atoms with Crippen molar-refractivity contribution in [2.75, 3.05) is 28.7 Å². The number of thioether (sulfide) groups is 1. The first-order valence-electron chi connectivity index (χ1n) is 5.57. The Morgan fingerprint density at radius 2 is 2.16 bits per heavy atom. The van der Waals surface area contributed by atoms with Gasteiger partial charge in [0, 0.05) is 23.8 Å². The Morgan fingerprint density at radius 1 is 1.42 bits per heavy atom. The van der Waals surface area contributed by atoms with E-state index in [9.17, 15) is 8.42 Å². The van der Waals surface area contributed by atoms with Crippen LogP contribution in [0.1, 0.15) is 6.92 Å². The Morgan fingerprint density at radius 3 is 2.84 bits per heavy atom. The van der Waals surface area contributed by atoms with Gasteiger partial charge in [-0.1, -0.05) is 18.5 Å². The summed E-state index contributed by atoms with van der Waals surface area (Å²) in [5.74, 6) is 1.63. The Hall–Kier alpha value is -0.310. The molecule has 0 bridgehead atoms. The van der Waals surface area contributed by atoms with Crippen molar-refractivity contribution in [3.8, 4) is 0 Å². The number of aromatic nitrogens is 3. The maximum Gasteiger partial charge on any atom is 0.245 e. The molecule has 1 aromatic rings. The Kier molecular flexibility index (Phi) is 4.75. The molecule has 0 aliphatic carbocycles. The fraction of sp³-hybridized carbons (Fsp3) is 0.667. The van der Waals surface area contributed by atoms with Crippen LogP contribution >= 0.6 is 35.0 Å². The van der Waals surface area contributed by atoms with Gasteiger partial charge in [-0.15, -0.1) is 10.2 Å². The fourth-order valence-corrected chi connectivity index (χ4v) is 5.06. The van der Waals surface area contributed by atoms with E-state index in [1.807, 2.05) is 0 Å². The van der Waals surface area contributed by atoms with Crippen LogP contribution in [0.5, 0.6) is 0 Å². The molecule has 106 valence electrons. The van der Waals surface area contributed by atoms with Crippen LogP contribution in [0.4, 0.5) is 5.82 Å². The summed E-state index contributed by atoms with van der Waals surface area (Å²) in [6.45, 7) is 2.16. The number of nitrogens with zero attached hydrogens (tertiary/aromatic N) is 4. The third-order valence-corrected chi connectivity index (χ3v) is 6.47. The highest BCUT2D eigenvalue weighted by atomic mass is 35.5. The molecule has 1 aromatic heterocycles. The Balaban J connectivity index is 2.42. The zero-order valence-corrected chi connectivity index (χ0v) is 13.2. The SMILES string of the molecule is CCS(=O)(=O)C1CSCCN1c1nc(Cl)nnc1Cl. The van der Waals surface area contributed by atoms with Crippen molar-refractivity contribution >= 4 is 50.6 Å². The van der Waals surface area contributed by atoms with Gasteiger partial charge in [-0.3, -0.25) is 0 Å². The molecule has 1 aliphatic rings. The predicted octanol–water partition coefficient (Wildman–Crippen LogP) is 1.49. The Labute approximate surface area is 125 Å². The van der Waals surface area contributed by atoms with Crippen molar-refractivity contribution < 1.29 is 8.42 Å². The molecular weight excluding hydrogens is 331 g/mol. The third kappa shape index (κ3) is 3.24. The van der Waals surface area contributed by atoms with Gasteiger partial charge in [-0.05, 0) is 11.6 Å². The monoisotopic (exact) mass is 342 g/mol. The van der Waals surface area contributed by atoms with Crippen LogP contribution in [-0.2, 0) is 9.84 Å². The lowest BCUT2D eigenvalue weighted by Gasteiger charge is -2.35. The highest BCUT2D eigenvalue weighted by Gasteiger charge is 2.35. The van der Waals surface area contributed by atoms with Crippen molar-refractivity contribution in [3.63, 3.8) is 0 Å². The van der Waals surface area contributed by atoms with E-state index >= 15 is 0 Å². The van der Waals surface area contributed by atoms with Crippen molar-refractivity contribution in [3.05, 3.63) is 10.4 Å². The number of anilines is 1. The summed E-state index contributed by atoms with van der Waals surface area (Å²) in [4.78, 5) is 5.66. The molecule has 0 radical (unpaired) electrons. The van der Waals surface area contributed by atoms with Crippen LogP contribution < -0.4 is 4.90 Å². The number of halogens is 2. The van der Waals surface area contributed by atoms with Gasteiger partial charge < -0.3 is 4.90 Å². The molecule has 19 heavy (non-hydrogen) atoms. The smallest absolute Gasteiger partial charge is 0.245 e. The minimum Gasteiger partial charge on any atom is -0.335 e. The topological polar surface area (TPSA) is 76.1 Å². The Bertz CT molecular complexity index is 569. The van der Waals surface area contributed by atoms with E-state index in [2.05, 4.69) is 15.2 Å². The summed E-state index contributed by atoms with van der Waals surface area (Å²) < 4.78 is 24.3. The van der Waals surface area contributed by atoms with Crippen LogP contribution in [-0.4, -0.2) is 52.8 Å². The highest BCUT2D eigenvalue weighted by Crippen LogP contribution is 2.30. The van der Waals surface area contributed by atoms with Crippen LogP contribution in [0.25, 0.3) is 0 Å². The standard InChI is InChI=1S/C9H12Cl2N4O2S2/c1-2-19(16,17)6-5-18-4-3-15(6)8-7(10)13-14-9(11)12-8/h6H,2-5H2,1H3. The zero-order chi connectivity index (χ0) is 14.0. The van der Waals surface area contributed by atoms with Gasteiger partial charge in [-0.2, -0.15) is 16.7 Å². The quantitative estimate of drug-likeness (QED) is 0.823. The fourth-order valence-electron chi connectivity index (χ4n) is 1.78. The van der Waals surface area contributed by atoms with E-state index in [1.165, 1.54) is 0 Å². The van der Waals surface area contributed by atoms with E-state index in [0.717, 1.165) is 5.75 Å². The molecule has 2 rings (SSSR count). The molecule has 1 saturated heterocycles. The van der Waals surface area contributed by atoms with Crippen molar-refractivity contribution in [1.82, 2.24) is 15.2 Å². The summed E-state index contributed by atoms with van der Waals surface area (Å²) in [6.07, 6.45) is 0. The molecule has 2 heterocycles. The van der Waals surface area contributed by atoms with Gasteiger partial charge >= 0.3 is 0 Å². The molecule has 1 atom stereocenters. The van der Waals surface area contributed by atoms with Gasteiger partial charge in [-0.25, -0.2) is 8.42 Å².